The lowest BCUT2D eigenvalue weighted by molar-refractivity contribution is 0.0702. The van der Waals surface area contributed by atoms with Crippen LogP contribution < -0.4 is 4.90 Å². The van der Waals surface area contributed by atoms with Crippen LogP contribution in [0.3, 0.4) is 0 Å². The van der Waals surface area contributed by atoms with E-state index >= 15 is 0 Å². The number of hydrogen-bond acceptors (Lipinski definition) is 7. The summed E-state index contributed by atoms with van der Waals surface area (Å²) < 4.78 is 16.0. The van der Waals surface area contributed by atoms with Crippen LogP contribution in [0.25, 0.3) is 0 Å². The highest BCUT2D eigenvalue weighted by molar-refractivity contribution is 5.95. The standard InChI is InChI=1S/C20H20N4O4/c1-13-17(11-28-22-13)20(25)24-10-14-8-15(23-4-6-26-7-5-23)2-3-16(14)19(24)18-9-21-12-27-18/h2-3,8-9,11-12,19H,4-7,10H2,1H3/t19-/m0/s1. The highest BCUT2D eigenvalue weighted by atomic mass is 16.5. The van der Waals surface area contributed by atoms with Crippen LogP contribution in [-0.2, 0) is 11.3 Å². The maximum absolute atomic E-state index is 13.2. The number of carbonyl (C=O) groups excluding carboxylic acids is 1. The average molecular weight is 380 g/mol. The number of nitrogens with zero attached hydrogens (tertiary/aromatic N) is 4. The van der Waals surface area contributed by atoms with E-state index in [4.69, 9.17) is 13.7 Å². The molecule has 1 atom stereocenters. The van der Waals surface area contributed by atoms with Gasteiger partial charge >= 0.3 is 0 Å². The molecule has 0 spiro atoms. The van der Waals surface area contributed by atoms with Crippen molar-refractivity contribution in [2.75, 3.05) is 31.2 Å². The predicted octanol–water partition coefficient (Wildman–Crippen LogP) is 2.55. The molecule has 144 valence electrons. The minimum atomic E-state index is -0.321. The van der Waals surface area contributed by atoms with Crippen LogP contribution in [0.5, 0.6) is 0 Å². The van der Waals surface area contributed by atoms with Crippen LogP contribution in [0.15, 0.2) is 46.0 Å². The maximum atomic E-state index is 13.2. The molecule has 8 nitrogen and oxygen atoms in total. The van der Waals surface area contributed by atoms with Gasteiger partial charge in [-0.05, 0) is 30.2 Å². The van der Waals surface area contributed by atoms with Gasteiger partial charge in [-0.15, -0.1) is 0 Å². The van der Waals surface area contributed by atoms with E-state index in [1.54, 1.807) is 18.0 Å². The van der Waals surface area contributed by atoms with Crippen molar-refractivity contribution in [2.45, 2.75) is 19.5 Å². The minimum absolute atomic E-state index is 0.135. The van der Waals surface area contributed by atoms with E-state index in [9.17, 15) is 4.79 Å². The molecule has 0 aliphatic carbocycles. The number of anilines is 1. The number of carbonyl (C=O) groups is 1. The van der Waals surface area contributed by atoms with Gasteiger partial charge in [0.15, 0.2) is 12.2 Å². The SMILES string of the molecule is Cc1nocc1C(=O)N1Cc2cc(N3CCOCC3)ccc2[C@H]1c1cnco1. The molecule has 1 amide bonds. The number of benzene rings is 1. The molecule has 2 aliphatic rings. The van der Waals surface area contributed by atoms with Crippen molar-refractivity contribution in [3.63, 3.8) is 0 Å². The van der Waals surface area contributed by atoms with E-state index in [0.717, 1.165) is 43.1 Å². The number of oxazole rings is 1. The summed E-state index contributed by atoms with van der Waals surface area (Å²) in [6.07, 6.45) is 4.45. The first kappa shape index (κ1) is 17.0. The molecule has 4 heterocycles. The summed E-state index contributed by atoms with van der Waals surface area (Å²) in [4.78, 5) is 21.4. The highest BCUT2D eigenvalue weighted by Crippen LogP contribution is 2.41. The van der Waals surface area contributed by atoms with Crippen LogP contribution in [0.1, 0.15) is 39.0 Å². The number of aryl methyl sites for hydroxylation is 1. The van der Waals surface area contributed by atoms with Gasteiger partial charge in [-0.1, -0.05) is 11.2 Å². The Bertz CT molecular complexity index is 992. The van der Waals surface area contributed by atoms with Gasteiger partial charge in [-0.2, -0.15) is 0 Å². The highest BCUT2D eigenvalue weighted by Gasteiger charge is 2.38. The number of amides is 1. The fourth-order valence-electron chi connectivity index (χ4n) is 3.97. The second-order valence-electron chi connectivity index (χ2n) is 7.04. The third kappa shape index (κ3) is 2.77. The molecule has 2 aromatic heterocycles. The Kier molecular flexibility index (Phi) is 4.12. The normalized spacial score (nSPS) is 19.1. The van der Waals surface area contributed by atoms with Crippen molar-refractivity contribution in [3.8, 4) is 0 Å². The van der Waals surface area contributed by atoms with Gasteiger partial charge in [0, 0.05) is 25.3 Å². The number of rotatable bonds is 3. The number of ether oxygens (including phenoxy) is 1. The molecule has 1 saturated heterocycles. The zero-order valence-corrected chi connectivity index (χ0v) is 15.5. The van der Waals surface area contributed by atoms with Crippen molar-refractivity contribution >= 4 is 11.6 Å². The summed E-state index contributed by atoms with van der Waals surface area (Å²) in [5, 5.41) is 3.84. The van der Waals surface area contributed by atoms with E-state index in [2.05, 4.69) is 33.2 Å². The van der Waals surface area contributed by atoms with E-state index in [1.807, 2.05) is 0 Å². The zero-order chi connectivity index (χ0) is 19.1. The van der Waals surface area contributed by atoms with Gasteiger partial charge in [0.2, 0.25) is 0 Å². The number of morpholine rings is 1. The van der Waals surface area contributed by atoms with Crippen LogP contribution >= 0.6 is 0 Å². The molecular formula is C20H20N4O4. The second-order valence-corrected chi connectivity index (χ2v) is 7.04. The molecule has 1 aromatic carbocycles. The summed E-state index contributed by atoms with van der Waals surface area (Å²) in [5.41, 5.74) is 4.34. The van der Waals surface area contributed by atoms with Crippen molar-refractivity contribution in [2.24, 2.45) is 0 Å². The fraction of sp³-hybridized carbons (Fsp3) is 0.350. The van der Waals surface area contributed by atoms with E-state index in [0.29, 0.717) is 23.6 Å². The molecule has 1 fully saturated rings. The Morgan fingerprint density at radius 2 is 2.11 bits per heavy atom. The molecular weight excluding hydrogens is 360 g/mol. The summed E-state index contributed by atoms with van der Waals surface area (Å²) in [6.45, 7) is 5.45. The Hall–Kier alpha value is -3.13. The summed E-state index contributed by atoms with van der Waals surface area (Å²) in [6, 6.07) is 6.03. The van der Waals surface area contributed by atoms with Gasteiger partial charge in [-0.25, -0.2) is 4.98 Å². The molecule has 2 aliphatic heterocycles. The average Bonchev–Trinajstić information content (AvgIpc) is 3.46. The smallest absolute Gasteiger partial charge is 0.260 e. The first-order valence-electron chi connectivity index (χ1n) is 9.28. The van der Waals surface area contributed by atoms with Crippen LogP contribution in [0.2, 0.25) is 0 Å². The van der Waals surface area contributed by atoms with E-state index in [-0.39, 0.29) is 11.9 Å². The predicted molar refractivity (Wildman–Crippen MR) is 98.9 cm³/mol. The first-order valence-corrected chi connectivity index (χ1v) is 9.28. The lowest BCUT2D eigenvalue weighted by Crippen LogP contribution is -2.36. The van der Waals surface area contributed by atoms with E-state index < -0.39 is 0 Å². The number of fused-ring (bicyclic) bond motifs is 1. The molecule has 5 rings (SSSR count). The van der Waals surface area contributed by atoms with Gasteiger partial charge in [0.05, 0.1) is 25.1 Å². The molecule has 0 bridgehead atoms. The number of hydrogen-bond donors (Lipinski definition) is 0. The zero-order valence-electron chi connectivity index (χ0n) is 15.5. The lowest BCUT2D eigenvalue weighted by atomic mass is 10.0. The minimum Gasteiger partial charge on any atom is -0.446 e. The molecule has 0 radical (unpaired) electrons. The van der Waals surface area contributed by atoms with Gasteiger partial charge in [0.25, 0.3) is 5.91 Å². The Morgan fingerprint density at radius 3 is 2.82 bits per heavy atom. The molecule has 8 heteroatoms. The topological polar surface area (TPSA) is 84.8 Å². The van der Waals surface area contributed by atoms with Crippen molar-refractivity contribution in [1.29, 1.82) is 0 Å². The second kappa shape index (κ2) is 6.79. The van der Waals surface area contributed by atoms with Crippen LogP contribution in [0, 0.1) is 6.92 Å². The fourth-order valence-corrected chi connectivity index (χ4v) is 3.97. The van der Waals surface area contributed by atoms with Crippen molar-refractivity contribution < 1.29 is 18.5 Å². The summed E-state index contributed by atoms with van der Waals surface area (Å²) in [7, 11) is 0. The quantitative estimate of drug-likeness (QED) is 0.690. The van der Waals surface area contributed by atoms with Crippen molar-refractivity contribution in [3.05, 3.63) is 65.2 Å². The Morgan fingerprint density at radius 1 is 1.25 bits per heavy atom. The third-order valence-electron chi connectivity index (χ3n) is 5.41. The molecule has 0 saturated carbocycles. The molecule has 0 N–H and O–H groups in total. The first-order chi connectivity index (χ1) is 13.7. The third-order valence-corrected chi connectivity index (χ3v) is 5.41. The monoisotopic (exact) mass is 380 g/mol. The molecule has 3 aromatic rings. The largest absolute Gasteiger partial charge is 0.446 e. The maximum Gasteiger partial charge on any atom is 0.260 e. The molecule has 0 unspecified atom stereocenters. The molecule has 28 heavy (non-hydrogen) atoms. The van der Waals surface area contributed by atoms with Crippen molar-refractivity contribution in [1.82, 2.24) is 15.0 Å². The van der Waals surface area contributed by atoms with Gasteiger partial charge in [-0.3, -0.25) is 4.79 Å². The van der Waals surface area contributed by atoms with E-state index in [1.165, 1.54) is 12.7 Å². The van der Waals surface area contributed by atoms with Crippen LogP contribution in [-0.4, -0.2) is 47.3 Å². The Balaban J connectivity index is 1.53. The summed E-state index contributed by atoms with van der Waals surface area (Å²) >= 11 is 0. The lowest BCUT2D eigenvalue weighted by Gasteiger charge is -2.29. The Labute approximate surface area is 161 Å². The van der Waals surface area contributed by atoms with Crippen LogP contribution in [0.4, 0.5) is 5.69 Å². The van der Waals surface area contributed by atoms with Gasteiger partial charge < -0.3 is 23.5 Å². The van der Waals surface area contributed by atoms with Gasteiger partial charge in [0.1, 0.15) is 17.9 Å². The summed E-state index contributed by atoms with van der Waals surface area (Å²) in [5.74, 6) is 0.504. The number of aromatic nitrogens is 2.